The summed E-state index contributed by atoms with van der Waals surface area (Å²) in [5.74, 6) is 4.06. The molecule has 33 heavy (non-hydrogen) atoms. The molecule has 0 aromatic carbocycles. The van der Waals surface area contributed by atoms with Crippen molar-refractivity contribution in [1.29, 1.82) is 0 Å². The molecule has 1 saturated heterocycles. The first kappa shape index (κ1) is 33.5. The second-order valence-corrected chi connectivity index (χ2v) is 12.8. The van der Waals surface area contributed by atoms with Gasteiger partial charge in [-0.05, 0) is 107 Å². The summed E-state index contributed by atoms with van der Waals surface area (Å²) >= 11 is 10.2. The van der Waals surface area contributed by atoms with Crippen molar-refractivity contribution < 1.29 is 21.2 Å². The maximum absolute atomic E-state index is 6.32. The molecule has 7 N–H and O–H groups in total. The molecule has 0 spiro atoms. The second-order valence-electron chi connectivity index (χ2n) is 10.9. The summed E-state index contributed by atoms with van der Waals surface area (Å²) in [5, 5.41) is 4.43. The molecule has 2 saturated carbocycles. The van der Waals surface area contributed by atoms with Gasteiger partial charge >= 0.3 is 0 Å². The molecule has 1 heterocycles. The lowest BCUT2D eigenvalue weighted by molar-refractivity contribution is 0.105. The van der Waals surface area contributed by atoms with E-state index in [1.54, 1.807) is 0 Å². The van der Waals surface area contributed by atoms with Crippen molar-refractivity contribution in [2.75, 3.05) is 39.9 Å². The fraction of sp³-hybridized carbons (Fsp3) is 1.00. The van der Waals surface area contributed by atoms with Crippen molar-refractivity contribution in [1.82, 2.24) is 10.2 Å². The van der Waals surface area contributed by atoms with E-state index >= 15 is 0 Å². The van der Waals surface area contributed by atoms with E-state index in [0.717, 1.165) is 30.9 Å². The molecule has 0 aromatic heterocycles. The quantitative estimate of drug-likeness (QED) is 0.436. The van der Waals surface area contributed by atoms with Gasteiger partial charge in [-0.2, -0.15) is 0 Å². The number of rotatable bonds is 9. The van der Waals surface area contributed by atoms with Gasteiger partial charge in [-0.25, -0.2) is 0 Å². The second kappa shape index (κ2) is 17.1. The van der Waals surface area contributed by atoms with Crippen LogP contribution in [-0.2, 0) is 4.74 Å². The highest BCUT2D eigenvalue weighted by atomic mass is 79.9. The largest absolute Gasteiger partial charge is 0.412 e. The molecule has 0 amide bonds. The Morgan fingerprint density at radius 2 is 1.48 bits per heavy atom. The average Bonchev–Trinajstić information content (AvgIpc) is 2.72. The van der Waals surface area contributed by atoms with Crippen LogP contribution in [0.1, 0.15) is 71.6 Å². The van der Waals surface area contributed by atoms with Gasteiger partial charge in [-0.15, -0.1) is 11.6 Å². The molecule has 0 radical (unpaired) electrons. The van der Waals surface area contributed by atoms with Crippen LogP contribution >= 0.6 is 27.5 Å². The summed E-state index contributed by atoms with van der Waals surface area (Å²) in [6, 6.07) is 0.602. The highest BCUT2D eigenvalue weighted by Gasteiger charge is 2.31. The predicted octanol–water partition coefficient (Wildman–Crippen LogP) is 3.46. The Hall–Kier alpha value is 0.530. The standard InChI is InChI=1S/C25H46BrClN2O.3H2O/c1-18(2)25(28-15-19-12-20(17-30-3)14-23(26)13-19)16-29-10-8-22(9-11-29)21-4-6-24(27)7-5-21;;;/h18-25,28H,4-17H2,1-3H3;3*1H2/t19?,20?,21?,23?,24?,25-;;;/m0.../s1. The monoisotopic (exact) mass is 558 g/mol. The number of piperidine rings is 1. The summed E-state index contributed by atoms with van der Waals surface area (Å²) in [6.07, 6.45) is 11.9. The van der Waals surface area contributed by atoms with E-state index in [-0.39, 0.29) is 16.4 Å². The van der Waals surface area contributed by atoms with Crippen molar-refractivity contribution in [3.05, 3.63) is 0 Å². The Kier molecular flexibility index (Phi) is 17.3. The zero-order valence-electron chi connectivity index (χ0n) is 21.1. The van der Waals surface area contributed by atoms with Gasteiger partial charge in [0, 0.05) is 36.5 Å². The summed E-state index contributed by atoms with van der Waals surface area (Å²) in [6.45, 7) is 10.6. The van der Waals surface area contributed by atoms with Gasteiger partial charge in [0.2, 0.25) is 0 Å². The van der Waals surface area contributed by atoms with Gasteiger partial charge in [0.1, 0.15) is 0 Å². The number of alkyl halides is 2. The Bertz CT molecular complexity index is 489. The van der Waals surface area contributed by atoms with Crippen LogP contribution in [0.2, 0.25) is 0 Å². The molecular weight excluding hydrogens is 508 g/mol. The maximum Gasteiger partial charge on any atom is 0.0491 e. The lowest BCUT2D eigenvalue weighted by Crippen LogP contribution is -2.49. The van der Waals surface area contributed by atoms with Gasteiger partial charge in [-0.3, -0.25) is 0 Å². The third-order valence-electron chi connectivity index (χ3n) is 8.18. The summed E-state index contributed by atoms with van der Waals surface area (Å²) in [4.78, 5) is 3.40. The number of hydrogen-bond acceptors (Lipinski definition) is 3. The van der Waals surface area contributed by atoms with Gasteiger partial charge in [0.25, 0.3) is 0 Å². The molecule has 3 unspecified atom stereocenters. The van der Waals surface area contributed by atoms with Crippen molar-refractivity contribution >= 4 is 27.5 Å². The number of halogens is 2. The normalized spacial score (nSPS) is 32.4. The molecule has 3 fully saturated rings. The Morgan fingerprint density at radius 3 is 2.06 bits per heavy atom. The minimum absolute atomic E-state index is 0. The van der Waals surface area contributed by atoms with Crippen LogP contribution in [0.3, 0.4) is 0 Å². The predicted molar refractivity (Wildman–Crippen MR) is 144 cm³/mol. The first-order chi connectivity index (χ1) is 14.4. The Balaban J connectivity index is 0.00000341. The minimum Gasteiger partial charge on any atom is -0.412 e. The Morgan fingerprint density at radius 1 is 0.909 bits per heavy atom. The first-order valence-electron chi connectivity index (χ1n) is 12.7. The van der Waals surface area contributed by atoms with E-state index in [1.807, 2.05) is 7.11 Å². The summed E-state index contributed by atoms with van der Waals surface area (Å²) in [5.41, 5.74) is 0. The first-order valence-corrected chi connectivity index (χ1v) is 14.0. The number of nitrogens with one attached hydrogen (secondary N) is 1. The minimum atomic E-state index is 0. The molecule has 3 rings (SSSR count). The van der Waals surface area contributed by atoms with Crippen molar-refractivity contribution in [3.8, 4) is 0 Å². The van der Waals surface area contributed by atoms with Crippen LogP contribution in [0.25, 0.3) is 0 Å². The van der Waals surface area contributed by atoms with Crippen molar-refractivity contribution in [2.45, 2.75) is 87.9 Å². The fourth-order valence-corrected chi connectivity index (χ4v) is 7.60. The SMILES string of the molecule is COCC1CC(Br)CC(CN[C@@H](CN2CCC(C3CCC(Cl)CC3)CC2)C(C)C)C1.O.O.O. The molecule has 6 nitrogen and oxygen atoms in total. The molecule has 4 atom stereocenters. The van der Waals surface area contributed by atoms with E-state index in [2.05, 4.69) is 40.0 Å². The van der Waals surface area contributed by atoms with Gasteiger partial charge in [0.05, 0.1) is 0 Å². The molecule has 8 heteroatoms. The van der Waals surface area contributed by atoms with Crippen molar-refractivity contribution in [2.24, 2.45) is 29.6 Å². The molecule has 0 bridgehead atoms. The number of methoxy groups -OCH3 is 1. The molecule has 1 aliphatic heterocycles. The Labute approximate surface area is 216 Å². The summed E-state index contributed by atoms with van der Waals surface area (Å²) < 4.78 is 5.45. The van der Waals surface area contributed by atoms with E-state index in [0.29, 0.717) is 28.1 Å². The van der Waals surface area contributed by atoms with Crippen LogP contribution in [-0.4, -0.2) is 77.5 Å². The van der Waals surface area contributed by atoms with E-state index in [9.17, 15) is 0 Å². The van der Waals surface area contributed by atoms with Crippen LogP contribution in [0, 0.1) is 29.6 Å². The number of likely N-dealkylation sites (tertiary alicyclic amines) is 1. The van der Waals surface area contributed by atoms with Gasteiger partial charge in [-0.1, -0.05) is 29.8 Å². The summed E-state index contributed by atoms with van der Waals surface area (Å²) in [7, 11) is 1.84. The van der Waals surface area contributed by atoms with Crippen LogP contribution in [0.15, 0.2) is 0 Å². The zero-order valence-corrected chi connectivity index (χ0v) is 23.5. The molecule has 2 aliphatic carbocycles. The third-order valence-corrected chi connectivity index (χ3v) is 9.36. The number of ether oxygens (including phenoxy) is 1. The lowest BCUT2D eigenvalue weighted by atomic mass is 9.75. The maximum atomic E-state index is 6.32. The molecule has 3 aliphatic rings. The molecule has 200 valence electrons. The van der Waals surface area contributed by atoms with Crippen LogP contribution in [0.4, 0.5) is 0 Å². The van der Waals surface area contributed by atoms with Gasteiger partial charge in [0.15, 0.2) is 0 Å². The van der Waals surface area contributed by atoms with Gasteiger partial charge < -0.3 is 31.4 Å². The fourth-order valence-electron chi connectivity index (χ4n) is 6.29. The van der Waals surface area contributed by atoms with Crippen molar-refractivity contribution in [3.63, 3.8) is 0 Å². The highest BCUT2D eigenvalue weighted by molar-refractivity contribution is 9.09. The lowest BCUT2D eigenvalue weighted by Gasteiger charge is -2.40. The van der Waals surface area contributed by atoms with Crippen LogP contribution in [0.5, 0.6) is 0 Å². The smallest absolute Gasteiger partial charge is 0.0491 e. The van der Waals surface area contributed by atoms with E-state index < -0.39 is 0 Å². The number of hydrogen-bond donors (Lipinski definition) is 1. The molecule has 0 aromatic rings. The topological polar surface area (TPSA) is 119 Å². The average molecular weight is 560 g/mol. The highest BCUT2D eigenvalue weighted by Crippen LogP contribution is 2.37. The molecular formula is C25H52BrClN2O4. The van der Waals surface area contributed by atoms with E-state index in [1.165, 1.54) is 77.4 Å². The van der Waals surface area contributed by atoms with E-state index in [4.69, 9.17) is 16.3 Å². The number of nitrogens with zero attached hydrogens (tertiary/aromatic N) is 1. The zero-order chi connectivity index (χ0) is 21.5. The third kappa shape index (κ3) is 11.0. The van der Waals surface area contributed by atoms with Crippen LogP contribution < -0.4 is 5.32 Å².